The summed E-state index contributed by atoms with van der Waals surface area (Å²) in [6.07, 6.45) is 0. The quantitative estimate of drug-likeness (QED) is 0.309. The van der Waals surface area contributed by atoms with Crippen LogP contribution in [-0.2, 0) is 10.1 Å². The van der Waals surface area contributed by atoms with Gasteiger partial charge in [-0.3, -0.25) is 0 Å². The lowest BCUT2D eigenvalue weighted by Gasteiger charge is -2.12. The van der Waals surface area contributed by atoms with Crippen molar-refractivity contribution in [3.63, 3.8) is 0 Å². The van der Waals surface area contributed by atoms with Crippen molar-refractivity contribution in [3.05, 3.63) is 52.9 Å². The Kier molecular flexibility index (Phi) is 3.33. The number of fused-ring (bicyclic) bond motifs is 3. The average Bonchev–Trinajstić information content (AvgIpc) is 2.44. The molecule has 0 aliphatic heterocycles. The molecule has 0 amide bonds. The van der Waals surface area contributed by atoms with Crippen molar-refractivity contribution in [2.24, 2.45) is 0 Å². The molecule has 0 fully saturated rings. The zero-order valence-corrected chi connectivity index (χ0v) is 11.9. The third kappa shape index (κ3) is 2.63. The highest BCUT2D eigenvalue weighted by atomic mass is 32.2. The molecule has 0 radical (unpaired) electrons. The van der Waals surface area contributed by atoms with Crippen LogP contribution in [0.2, 0.25) is 0 Å². The largest absolute Gasteiger partial charge is 0.534 e. The Bertz CT molecular complexity index is 1070. The van der Waals surface area contributed by atoms with Gasteiger partial charge in [0.25, 0.3) is 0 Å². The third-order valence-electron chi connectivity index (χ3n) is 3.08. The molecule has 0 unspecified atom stereocenters. The first-order valence-electron chi connectivity index (χ1n) is 6.15. The van der Waals surface area contributed by atoms with Crippen molar-refractivity contribution < 1.29 is 30.2 Å². The molecule has 0 saturated carbocycles. The molecule has 0 saturated heterocycles. The van der Waals surface area contributed by atoms with E-state index in [4.69, 9.17) is 4.42 Å². The summed E-state index contributed by atoms with van der Waals surface area (Å²) in [5, 5.41) is 0.972. The van der Waals surface area contributed by atoms with Gasteiger partial charge in [-0.1, -0.05) is 30.3 Å². The topological polar surface area (TPSA) is 73.6 Å². The van der Waals surface area contributed by atoms with E-state index in [9.17, 15) is 26.4 Å². The second-order valence-corrected chi connectivity index (χ2v) is 6.11. The van der Waals surface area contributed by atoms with Gasteiger partial charge in [0.2, 0.25) is 0 Å². The summed E-state index contributed by atoms with van der Waals surface area (Å²) in [5.41, 5.74) is -6.72. The first-order chi connectivity index (χ1) is 10.7. The molecule has 9 heteroatoms. The zero-order valence-electron chi connectivity index (χ0n) is 11.1. The van der Waals surface area contributed by atoms with Gasteiger partial charge in [-0.15, -0.1) is 0 Å². The molecule has 0 aliphatic carbocycles. The predicted octanol–water partition coefficient (Wildman–Crippen LogP) is 3.17. The Labute approximate surface area is 127 Å². The van der Waals surface area contributed by atoms with Gasteiger partial charge in [0, 0.05) is 0 Å². The van der Waals surface area contributed by atoms with Crippen LogP contribution in [0.3, 0.4) is 0 Å². The molecule has 5 nitrogen and oxygen atoms in total. The molecule has 1 aromatic heterocycles. The van der Waals surface area contributed by atoms with Crippen molar-refractivity contribution >= 4 is 31.9 Å². The molecule has 0 N–H and O–H groups in total. The maximum atomic E-state index is 12.5. The first kappa shape index (κ1) is 15.3. The lowest BCUT2D eigenvalue weighted by Crippen LogP contribution is -2.28. The minimum absolute atomic E-state index is 0.0319. The lowest BCUT2D eigenvalue weighted by molar-refractivity contribution is -0.0499. The highest BCUT2D eigenvalue weighted by molar-refractivity contribution is 7.88. The Morgan fingerprint density at radius 1 is 1.04 bits per heavy atom. The average molecular weight is 344 g/mol. The van der Waals surface area contributed by atoms with Crippen LogP contribution in [0.1, 0.15) is 0 Å². The fourth-order valence-electron chi connectivity index (χ4n) is 2.14. The van der Waals surface area contributed by atoms with Gasteiger partial charge in [-0.2, -0.15) is 21.6 Å². The van der Waals surface area contributed by atoms with Crippen molar-refractivity contribution in [1.29, 1.82) is 0 Å². The summed E-state index contributed by atoms with van der Waals surface area (Å²) in [7, 11) is -5.91. The highest BCUT2D eigenvalue weighted by Crippen LogP contribution is 2.34. The van der Waals surface area contributed by atoms with E-state index in [0.717, 1.165) is 0 Å². The summed E-state index contributed by atoms with van der Waals surface area (Å²) in [6, 6.07) is 10.0. The molecule has 120 valence electrons. The van der Waals surface area contributed by atoms with E-state index in [-0.39, 0.29) is 11.0 Å². The first-order valence-corrected chi connectivity index (χ1v) is 7.56. The van der Waals surface area contributed by atoms with Gasteiger partial charge in [-0.25, -0.2) is 4.79 Å². The van der Waals surface area contributed by atoms with Gasteiger partial charge in [0.05, 0.1) is 11.5 Å². The van der Waals surface area contributed by atoms with Crippen molar-refractivity contribution in [1.82, 2.24) is 0 Å². The summed E-state index contributed by atoms with van der Waals surface area (Å²) in [5.74, 6) is -0.731. The summed E-state index contributed by atoms with van der Waals surface area (Å²) in [6.45, 7) is 0. The monoisotopic (exact) mass is 344 g/mol. The standard InChI is InChI=1S/C14H7F3O5S/c15-14(16,17)23(19,20)22-11-7-12(18)21-10-6-5-8-3-1-2-4-9(8)13(10)11/h1-7H. The number of benzene rings is 2. The van der Waals surface area contributed by atoms with Gasteiger partial charge < -0.3 is 8.60 Å². The van der Waals surface area contributed by atoms with E-state index < -0.39 is 27.0 Å². The van der Waals surface area contributed by atoms with E-state index in [1.165, 1.54) is 6.07 Å². The SMILES string of the molecule is O=c1cc(OS(=O)(=O)C(F)(F)F)c2c(ccc3ccccc32)o1. The Morgan fingerprint density at radius 2 is 1.74 bits per heavy atom. The second-order valence-electron chi connectivity index (χ2n) is 4.57. The number of alkyl halides is 3. The number of rotatable bonds is 2. The van der Waals surface area contributed by atoms with Crippen LogP contribution in [0.5, 0.6) is 5.75 Å². The molecule has 3 rings (SSSR count). The number of hydrogen-bond acceptors (Lipinski definition) is 5. The molecular weight excluding hydrogens is 337 g/mol. The summed E-state index contributed by atoms with van der Waals surface area (Å²) < 4.78 is 69.1. The van der Waals surface area contributed by atoms with E-state index in [2.05, 4.69) is 4.18 Å². The van der Waals surface area contributed by atoms with E-state index in [1.807, 2.05) is 0 Å². The van der Waals surface area contributed by atoms with Crippen LogP contribution in [0.25, 0.3) is 21.7 Å². The molecule has 2 aromatic carbocycles. The fourth-order valence-corrected chi connectivity index (χ4v) is 2.60. The molecule has 23 heavy (non-hydrogen) atoms. The Morgan fingerprint density at radius 3 is 2.43 bits per heavy atom. The van der Waals surface area contributed by atoms with Gasteiger partial charge >= 0.3 is 21.3 Å². The van der Waals surface area contributed by atoms with Crippen LogP contribution in [-0.4, -0.2) is 13.9 Å². The number of halogens is 3. The highest BCUT2D eigenvalue weighted by Gasteiger charge is 2.48. The van der Waals surface area contributed by atoms with E-state index >= 15 is 0 Å². The minimum atomic E-state index is -5.91. The molecule has 0 bridgehead atoms. The normalized spacial score (nSPS) is 12.7. The number of hydrogen-bond donors (Lipinski definition) is 0. The maximum absolute atomic E-state index is 12.5. The van der Waals surface area contributed by atoms with Gasteiger partial charge in [0.15, 0.2) is 5.75 Å². The maximum Gasteiger partial charge on any atom is 0.534 e. The van der Waals surface area contributed by atoms with Crippen LogP contribution < -0.4 is 9.81 Å². The van der Waals surface area contributed by atoms with E-state index in [1.54, 1.807) is 30.3 Å². The smallest absolute Gasteiger partial charge is 0.422 e. The molecule has 0 spiro atoms. The van der Waals surface area contributed by atoms with Crippen molar-refractivity contribution in [2.45, 2.75) is 5.51 Å². The Hall–Kier alpha value is -2.55. The van der Waals surface area contributed by atoms with Gasteiger partial charge in [-0.05, 0) is 16.8 Å². The predicted molar refractivity (Wildman–Crippen MR) is 75.6 cm³/mol. The molecular formula is C14H7F3O5S. The zero-order chi connectivity index (χ0) is 16.8. The van der Waals surface area contributed by atoms with E-state index in [0.29, 0.717) is 16.8 Å². The van der Waals surface area contributed by atoms with Crippen molar-refractivity contribution in [3.8, 4) is 5.75 Å². The third-order valence-corrected chi connectivity index (χ3v) is 4.05. The van der Waals surface area contributed by atoms with Crippen LogP contribution >= 0.6 is 0 Å². The molecule has 0 atom stereocenters. The fraction of sp³-hybridized carbons (Fsp3) is 0.0714. The second kappa shape index (κ2) is 4.98. The molecule has 0 aliphatic rings. The van der Waals surface area contributed by atoms with Gasteiger partial charge in [0.1, 0.15) is 5.58 Å². The van der Waals surface area contributed by atoms with Crippen LogP contribution in [0, 0.1) is 0 Å². The lowest BCUT2D eigenvalue weighted by atomic mass is 10.1. The summed E-state index contributed by atoms with van der Waals surface area (Å²) >= 11 is 0. The Balaban J connectivity index is 2.36. The minimum Gasteiger partial charge on any atom is -0.422 e. The van der Waals surface area contributed by atoms with Crippen LogP contribution in [0.4, 0.5) is 13.2 Å². The summed E-state index contributed by atoms with van der Waals surface area (Å²) in [4.78, 5) is 11.5. The van der Waals surface area contributed by atoms with Crippen LogP contribution in [0.15, 0.2) is 51.7 Å². The molecule has 1 heterocycles. The molecule has 3 aromatic rings. The van der Waals surface area contributed by atoms with Crippen molar-refractivity contribution in [2.75, 3.05) is 0 Å².